The van der Waals surface area contributed by atoms with Gasteiger partial charge in [-0.3, -0.25) is 4.84 Å². The smallest absolute Gasteiger partial charge is 0.210 e. The van der Waals surface area contributed by atoms with Crippen molar-refractivity contribution >= 4 is 26.7 Å². The van der Waals surface area contributed by atoms with Gasteiger partial charge in [0.2, 0.25) is 5.13 Å². The number of fused-ring (bicyclic) bond motifs is 3. The van der Waals surface area contributed by atoms with E-state index in [1.807, 2.05) is 0 Å². The van der Waals surface area contributed by atoms with Gasteiger partial charge >= 0.3 is 0 Å². The maximum Gasteiger partial charge on any atom is 0.210 e. The number of hydroxylamine groups is 1. The van der Waals surface area contributed by atoms with Crippen LogP contribution >= 0.6 is 11.3 Å². The summed E-state index contributed by atoms with van der Waals surface area (Å²) in [5.41, 5.74) is 2.44. The lowest BCUT2D eigenvalue weighted by Crippen LogP contribution is -2.59. The van der Waals surface area contributed by atoms with Crippen molar-refractivity contribution in [3.63, 3.8) is 0 Å². The average Bonchev–Trinajstić information content (AvgIpc) is 3.12. The lowest BCUT2D eigenvalue weighted by atomic mass is 9.74. The van der Waals surface area contributed by atoms with E-state index in [1.54, 1.807) is 11.3 Å². The van der Waals surface area contributed by atoms with Crippen LogP contribution in [0.2, 0.25) is 0 Å². The Morgan fingerprint density at radius 2 is 2.14 bits per heavy atom. The molecule has 1 aromatic heterocycles. The highest BCUT2D eigenvalue weighted by Crippen LogP contribution is 2.45. The Morgan fingerprint density at radius 1 is 1.27 bits per heavy atom. The minimum Gasteiger partial charge on any atom is -0.300 e. The van der Waals surface area contributed by atoms with Crippen LogP contribution in [-0.4, -0.2) is 41.7 Å². The summed E-state index contributed by atoms with van der Waals surface area (Å²) in [6.45, 7) is 6.74. The van der Waals surface area contributed by atoms with Crippen LogP contribution in [0, 0.1) is 12.8 Å². The lowest BCUT2D eigenvalue weighted by Gasteiger charge is -2.50. The number of hydrogen-bond acceptors (Lipinski definition) is 5. The SMILES string of the molecule is Cc1ccc2nc(N3CCC4(CN5CCC4CC5)O3)sc2c1. The standard InChI is InChI=1S/C17H21N3OS/c1-12-2-3-14-15(10-12)22-16(18-14)20-9-6-17(21-20)11-19-7-4-13(17)5-8-19/h2-3,10,13H,4-9,11H2,1H3. The van der Waals surface area contributed by atoms with E-state index in [1.165, 1.54) is 36.2 Å². The quantitative estimate of drug-likeness (QED) is 0.808. The molecule has 1 aromatic carbocycles. The number of nitrogens with zero attached hydrogens (tertiary/aromatic N) is 3. The van der Waals surface area contributed by atoms with Crippen molar-refractivity contribution in [1.82, 2.24) is 9.88 Å². The van der Waals surface area contributed by atoms with E-state index in [4.69, 9.17) is 9.82 Å². The van der Waals surface area contributed by atoms with Gasteiger partial charge in [-0.1, -0.05) is 17.4 Å². The maximum atomic E-state index is 6.51. The third-order valence-corrected chi connectivity index (χ3v) is 6.62. The van der Waals surface area contributed by atoms with Crippen LogP contribution in [0.15, 0.2) is 18.2 Å². The predicted molar refractivity (Wildman–Crippen MR) is 89.3 cm³/mol. The first-order valence-corrected chi connectivity index (χ1v) is 9.10. The third-order valence-electron chi connectivity index (χ3n) is 5.60. The van der Waals surface area contributed by atoms with Gasteiger partial charge in [0.05, 0.1) is 16.8 Å². The summed E-state index contributed by atoms with van der Waals surface area (Å²) in [6.07, 6.45) is 3.74. The first kappa shape index (κ1) is 13.3. The Morgan fingerprint density at radius 3 is 2.91 bits per heavy atom. The number of anilines is 1. The molecule has 1 atom stereocenters. The van der Waals surface area contributed by atoms with Crippen LogP contribution < -0.4 is 5.06 Å². The Bertz CT molecular complexity index is 722. The Hall–Kier alpha value is -1.17. The molecule has 5 heterocycles. The number of benzene rings is 1. The molecular formula is C17H21N3OS. The van der Waals surface area contributed by atoms with Crippen molar-refractivity contribution in [2.24, 2.45) is 5.92 Å². The van der Waals surface area contributed by atoms with Crippen molar-refractivity contribution in [2.75, 3.05) is 31.2 Å². The summed E-state index contributed by atoms with van der Waals surface area (Å²) in [5.74, 6) is 0.735. The number of rotatable bonds is 1. The third kappa shape index (κ3) is 1.92. The molecule has 116 valence electrons. The monoisotopic (exact) mass is 315 g/mol. The van der Waals surface area contributed by atoms with Gasteiger partial charge in [0.25, 0.3) is 0 Å². The number of aromatic nitrogens is 1. The summed E-state index contributed by atoms with van der Waals surface area (Å²) in [4.78, 5) is 13.9. The Kier molecular flexibility index (Phi) is 2.82. The molecule has 5 heteroatoms. The van der Waals surface area contributed by atoms with Crippen LogP contribution in [0.5, 0.6) is 0 Å². The lowest BCUT2D eigenvalue weighted by molar-refractivity contribution is -0.130. The summed E-state index contributed by atoms with van der Waals surface area (Å²) >= 11 is 1.75. The molecule has 4 aliphatic heterocycles. The van der Waals surface area contributed by atoms with E-state index in [9.17, 15) is 0 Å². The summed E-state index contributed by atoms with van der Waals surface area (Å²) in [6, 6.07) is 6.47. The second-order valence-electron chi connectivity index (χ2n) is 7.03. The van der Waals surface area contributed by atoms with Gasteiger partial charge in [-0.25, -0.2) is 10.0 Å². The van der Waals surface area contributed by atoms with Gasteiger partial charge in [0.1, 0.15) is 5.60 Å². The molecule has 4 fully saturated rings. The molecule has 2 aromatic rings. The fourth-order valence-corrected chi connectivity index (χ4v) is 5.41. The molecule has 4 saturated heterocycles. The number of aryl methyl sites for hydroxylation is 1. The van der Waals surface area contributed by atoms with Gasteiger partial charge in [0, 0.05) is 13.0 Å². The molecule has 0 N–H and O–H groups in total. The zero-order valence-electron chi connectivity index (χ0n) is 12.9. The highest BCUT2D eigenvalue weighted by Gasteiger charge is 2.52. The minimum absolute atomic E-state index is 0.0598. The zero-order chi connectivity index (χ0) is 14.7. The molecule has 0 radical (unpaired) electrons. The summed E-state index contributed by atoms with van der Waals surface area (Å²) in [5, 5.41) is 3.09. The molecule has 0 aliphatic carbocycles. The molecule has 1 unspecified atom stereocenters. The van der Waals surface area contributed by atoms with Gasteiger partial charge in [-0.15, -0.1) is 0 Å². The molecule has 4 aliphatic rings. The van der Waals surface area contributed by atoms with Crippen molar-refractivity contribution in [3.05, 3.63) is 23.8 Å². The van der Waals surface area contributed by atoms with E-state index in [-0.39, 0.29) is 5.60 Å². The second kappa shape index (κ2) is 4.66. The zero-order valence-corrected chi connectivity index (χ0v) is 13.7. The highest BCUT2D eigenvalue weighted by molar-refractivity contribution is 7.22. The maximum absolute atomic E-state index is 6.51. The van der Waals surface area contributed by atoms with Crippen LogP contribution in [0.25, 0.3) is 10.2 Å². The van der Waals surface area contributed by atoms with Crippen molar-refractivity contribution in [3.8, 4) is 0 Å². The van der Waals surface area contributed by atoms with Crippen molar-refractivity contribution in [2.45, 2.75) is 31.8 Å². The van der Waals surface area contributed by atoms with E-state index in [0.717, 1.165) is 36.1 Å². The minimum atomic E-state index is 0.0598. The second-order valence-corrected chi connectivity index (χ2v) is 8.04. The Labute approximate surface area is 134 Å². The molecule has 6 rings (SSSR count). The molecular weight excluding hydrogens is 294 g/mol. The summed E-state index contributed by atoms with van der Waals surface area (Å²) in [7, 11) is 0. The molecule has 22 heavy (non-hydrogen) atoms. The van der Waals surface area contributed by atoms with Gasteiger partial charge < -0.3 is 4.90 Å². The normalized spacial score (nSPS) is 34.1. The van der Waals surface area contributed by atoms with Crippen molar-refractivity contribution < 1.29 is 4.84 Å². The highest BCUT2D eigenvalue weighted by atomic mass is 32.1. The van der Waals surface area contributed by atoms with Gasteiger partial charge in [-0.05, 0) is 56.5 Å². The van der Waals surface area contributed by atoms with Gasteiger partial charge in [0.15, 0.2) is 0 Å². The fourth-order valence-electron chi connectivity index (χ4n) is 4.37. The number of piperidine rings is 3. The average molecular weight is 315 g/mol. The van der Waals surface area contributed by atoms with Crippen molar-refractivity contribution in [1.29, 1.82) is 0 Å². The van der Waals surface area contributed by atoms with Crippen LogP contribution in [0.3, 0.4) is 0 Å². The van der Waals surface area contributed by atoms with E-state index in [0.29, 0.717) is 0 Å². The van der Waals surface area contributed by atoms with Crippen LogP contribution in [0.4, 0.5) is 5.13 Å². The van der Waals surface area contributed by atoms with E-state index in [2.05, 4.69) is 35.1 Å². The van der Waals surface area contributed by atoms with Crippen LogP contribution in [0.1, 0.15) is 24.8 Å². The summed E-state index contributed by atoms with van der Waals surface area (Å²) < 4.78 is 1.26. The van der Waals surface area contributed by atoms with Crippen LogP contribution in [-0.2, 0) is 4.84 Å². The first-order chi connectivity index (χ1) is 10.7. The first-order valence-electron chi connectivity index (χ1n) is 8.28. The van der Waals surface area contributed by atoms with Gasteiger partial charge in [-0.2, -0.15) is 0 Å². The number of thiazole rings is 1. The fraction of sp³-hybridized carbons (Fsp3) is 0.588. The predicted octanol–water partition coefficient (Wildman–Crippen LogP) is 3.21. The largest absolute Gasteiger partial charge is 0.300 e. The Balaban J connectivity index is 1.44. The number of hydrogen-bond donors (Lipinski definition) is 0. The molecule has 0 saturated carbocycles. The van der Waals surface area contributed by atoms with E-state index >= 15 is 0 Å². The topological polar surface area (TPSA) is 28.6 Å². The molecule has 0 amide bonds. The molecule has 4 nitrogen and oxygen atoms in total. The molecule has 1 spiro atoms. The van der Waals surface area contributed by atoms with E-state index < -0.39 is 0 Å². The molecule has 2 bridgehead atoms.